The Bertz CT molecular complexity index is 484. The number of nitrogens with zero attached hydrogens (tertiary/aromatic N) is 2. The average Bonchev–Trinajstić information content (AvgIpc) is 2.34. The lowest BCUT2D eigenvalue weighted by atomic mass is 9.95. The number of primary amides is 1. The third-order valence-electron chi connectivity index (χ3n) is 2.59. The second-order valence-corrected chi connectivity index (χ2v) is 5.36. The van der Waals surface area contributed by atoms with Crippen molar-refractivity contribution in [3.8, 4) is 0 Å². The van der Waals surface area contributed by atoms with Crippen LogP contribution in [0.25, 0.3) is 0 Å². The van der Waals surface area contributed by atoms with Crippen LogP contribution in [0.3, 0.4) is 0 Å². The molecule has 6 N–H and O–H groups in total. The van der Waals surface area contributed by atoms with E-state index in [0.29, 0.717) is 24.0 Å². The van der Waals surface area contributed by atoms with Gasteiger partial charge in [0.05, 0.1) is 6.54 Å². The van der Waals surface area contributed by atoms with E-state index in [1.807, 2.05) is 27.7 Å². The molecule has 8 nitrogen and oxygen atoms in total. The Hall–Kier alpha value is -2.09. The number of amides is 1. The van der Waals surface area contributed by atoms with E-state index in [0.717, 1.165) is 5.56 Å². The summed E-state index contributed by atoms with van der Waals surface area (Å²) in [5.41, 5.74) is 8.03. The molecule has 0 atom stereocenters. The number of nitrogens with two attached hydrogens (primary N) is 2. The van der Waals surface area contributed by atoms with Crippen LogP contribution in [0, 0.1) is 6.92 Å². The van der Waals surface area contributed by atoms with Crippen molar-refractivity contribution in [3.63, 3.8) is 0 Å². The van der Waals surface area contributed by atoms with Crippen LogP contribution < -0.4 is 22.3 Å². The van der Waals surface area contributed by atoms with Crippen LogP contribution in [-0.2, 0) is 10.2 Å². The number of rotatable bonds is 5. The van der Waals surface area contributed by atoms with Crippen LogP contribution in [0.1, 0.15) is 32.2 Å². The first-order valence-electron chi connectivity index (χ1n) is 6.27. The lowest BCUT2D eigenvalue weighted by molar-refractivity contribution is 0.161. The lowest BCUT2D eigenvalue weighted by Gasteiger charge is -2.20. The van der Waals surface area contributed by atoms with Crippen molar-refractivity contribution < 1.29 is 9.53 Å². The summed E-state index contributed by atoms with van der Waals surface area (Å²) in [6, 6.07) is 0. The molecule has 0 aliphatic rings. The number of anilines is 2. The van der Waals surface area contributed by atoms with Crippen LogP contribution >= 0.6 is 0 Å². The van der Waals surface area contributed by atoms with Crippen molar-refractivity contribution in [2.45, 2.75) is 33.1 Å². The van der Waals surface area contributed by atoms with Gasteiger partial charge in [-0.1, -0.05) is 20.8 Å². The average molecular weight is 282 g/mol. The predicted octanol–water partition coefficient (Wildman–Crippen LogP) is 0.875. The highest BCUT2D eigenvalue weighted by atomic mass is 16.5. The third-order valence-corrected chi connectivity index (χ3v) is 2.59. The van der Waals surface area contributed by atoms with Gasteiger partial charge in [0.1, 0.15) is 24.1 Å². The zero-order chi connectivity index (χ0) is 15.3. The molecule has 0 bridgehead atoms. The standard InChI is InChI=1S/C12H22N6O2/c1-7-8(15-5-6-20-11(13)19)16-10(12(2,3)4)17-9(7)18-14/h5-6,14H2,1-4H3,(H2,13,19)(H2,15,16,17,18). The number of ether oxygens (including phenoxy) is 1. The van der Waals surface area contributed by atoms with Crippen molar-refractivity contribution in [1.82, 2.24) is 9.97 Å². The van der Waals surface area contributed by atoms with E-state index in [-0.39, 0.29) is 12.0 Å². The Morgan fingerprint density at radius 1 is 1.30 bits per heavy atom. The van der Waals surface area contributed by atoms with E-state index in [1.165, 1.54) is 0 Å². The third kappa shape index (κ3) is 4.23. The monoisotopic (exact) mass is 282 g/mol. The molecular formula is C12H22N6O2. The molecule has 0 unspecified atom stereocenters. The first kappa shape index (κ1) is 16.0. The van der Waals surface area contributed by atoms with Gasteiger partial charge in [0.15, 0.2) is 0 Å². The Balaban J connectivity index is 2.91. The number of nitrogens with one attached hydrogen (secondary N) is 2. The summed E-state index contributed by atoms with van der Waals surface area (Å²) in [7, 11) is 0. The molecule has 0 radical (unpaired) electrons. The fraction of sp³-hybridized carbons (Fsp3) is 0.583. The number of aromatic nitrogens is 2. The van der Waals surface area contributed by atoms with E-state index in [2.05, 4.69) is 25.4 Å². The number of carbonyl (C=O) groups excluding carboxylic acids is 1. The summed E-state index contributed by atoms with van der Waals surface area (Å²) in [5, 5.41) is 3.08. The van der Waals surface area contributed by atoms with Gasteiger partial charge in [-0.25, -0.2) is 20.6 Å². The van der Waals surface area contributed by atoms with Crippen LogP contribution in [0.15, 0.2) is 0 Å². The molecule has 20 heavy (non-hydrogen) atoms. The normalized spacial score (nSPS) is 11.1. The second-order valence-electron chi connectivity index (χ2n) is 5.36. The van der Waals surface area contributed by atoms with Crippen molar-refractivity contribution in [1.29, 1.82) is 0 Å². The minimum atomic E-state index is -0.800. The van der Waals surface area contributed by atoms with Gasteiger partial charge >= 0.3 is 6.09 Å². The Morgan fingerprint density at radius 2 is 1.90 bits per heavy atom. The Labute approximate surface area is 118 Å². The summed E-state index contributed by atoms with van der Waals surface area (Å²) in [5.74, 6) is 7.34. The molecule has 1 amide bonds. The Morgan fingerprint density at radius 3 is 2.40 bits per heavy atom. The number of hydrazine groups is 1. The van der Waals surface area contributed by atoms with Gasteiger partial charge in [-0.05, 0) is 6.92 Å². The molecule has 8 heteroatoms. The van der Waals surface area contributed by atoms with Gasteiger partial charge in [0.2, 0.25) is 0 Å². The SMILES string of the molecule is Cc1c(NN)nc(C(C)(C)C)nc1NCCOC(N)=O. The number of carbonyl (C=O) groups is 1. The molecule has 0 aliphatic heterocycles. The largest absolute Gasteiger partial charge is 0.448 e. The summed E-state index contributed by atoms with van der Waals surface area (Å²) < 4.78 is 4.65. The highest BCUT2D eigenvalue weighted by molar-refractivity contribution is 5.64. The van der Waals surface area contributed by atoms with E-state index in [4.69, 9.17) is 11.6 Å². The van der Waals surface area contributed by atoms with Crippen LogP contribution in [0.4, 0.5) is 16.4 Å². The molecule has 0 spiro atoms. The quantitative estimate of drug-likeness (QED) is 0.358. The maximum atomic E-state index is 10.5. The molecule has 1 heterocycles. The van der Waals surface area contributed by atoms with Crippen LogP contribution in [0.2, 0.25) is 0 Å². The van der Waals surface area contributed by atoms with E-state index in [9.17, 15) is 4.79 Å². The van der Waals surface area contributed by atoms with Gasteiger partial charge < -0.3 is 21.2 Å². The smallest absolute Gasteiger partial charge is 0.404 e. The number of hydrogen-bond acceptors (Lipinski definition) is 7. The highest BCUT2D eigenvalue weighted by Gasteiger charge is 2.20. The minimum Gasteiger partial charge on any atom is -0.448 e. The first-order chi connectivity index (χ1) is 9.25. The zero-order valence-electron chi connectivity index (χ0n) is 12.3. The number of nitrogen functional groups attached to an aromatic ring is 1. The zero-order valence-corrected chi connectivity index (χ0v) is 12.3. The predicted molar refractivity (Wildman–Crippen MR) is 77.3 cm³/mol. The molecule has 0 saturated carbocycles. The molecule has 1 aromatic rings. The van der Waals surface area contributed by atoms with Gasteiger partial charge in [-0.2, -0.15) is 0 Å². The van der Waals surface area contributed by atoms with Crippen molar-refractivity contribution in [3.05, 3.63) is 11.4 Å². The van der Waals surface area contributed by atoms with E-state index in [1.54, 1.807) is 0 Å². The fourth-order valence-corrected chi connectivity index (χ4v) is 1.49. The molecule has 0 saturated heterocycles. The summed E-state index contributed by atoms with van der Waals surface area (Å²) >= 11 is 0. The van der Waals surface area contributed by atoms with Gasteiger partial charge in [-0.15, -0.1) is 0 Å². The summed E-state index contributed by atoms with van der Waals surface area (Å²) in [4.78, 5) is 19.3. The second kappa shape index (κ2) is 6.38. The van der Waals surface area contributed by atoms with Crippen molar-refractivity contribution in [2.75, 3.05) is 23.9 Å². The van der Waals surface area contributed by atoms with Crippen molar-refractivity contribution >= 4 is 17.7 Å². The summed E-state index contributed by atoms with van der Waals surface area (Å²) in [6.07, 6.45) is -0.800. The van der Waals surface area contributed by atoms with E-state index >= 15 is 0 Å². The fourth-order valence-electron chi connectivity index (χ4n) is 1.49. The molecule has 0 aliphatic carbocycles. The maximum absolute atomic E-state index is 10.5. The molecular weight excluding hydrogens is 260 g/mol. The van der Waals surface area contributed by atoms with Gasteiger partial charge in [-0.3, -0.25) is 0 Å². The molecule has 1 rings (SSSR count). The Kier molecular flexibility index (Phi) is 5.09. The molecule has 0 aromatic carbocycles. The van der Waals surface area contributed by atoms with Gasteiger partial charge in [0.25, 0.3) is 0 Å². The minimum absolute atomic E-state index is 0.162. The topological polar surface area (TPSA) is 128 Å². The van der Waals surface area contributed by atoms with E-state index < -0.39 is 6.09 Å². The molecule has 0 fully saturated rings. The van der Waals surface area contributed by atoms with Crippen molar-refractivity contribution in [2.24, 2.45) is 11.6 Å². The lowest BCUT2D eigenvalue weighted by Crippen LogP contribution is -2.23. The number of hydrogen-bond donors (Lipinski definition) is 4. The van der Waals surface area contributed by atoms with Crippen LogP contribution in [0.5, 0.6) is 0 Å². The van der Waals surface area contributed by atoms with Crippen LogP contribution in [-0.4, -0.2) is 29.2 Å². The summed E-state index contributed by atoms with van der Waals surface area (Å²) in [6.45, 7) is 8.44. The molecule has 1 aromatic heterocycles. The highest BCUT2D eigenvalue weighted by Crippen LogP contribution is 2.25. The first-order valence-corrected chi connectivity index (χ1v) is 6.27. The van der Waals surface area contributed by atoms with Gasteiger partial charge in [0, 0.05) is 11.0 Å². The molecule has 112 valence electrons. The maximum Gasteiger partial charge on any atom is 0.404 e.